The molecule has 2 aromatic rings. The molecule has 104 valence electrons. The molecule has 0 saturated carbocycles. The van der Waals surface area contributed by atoms with Crippen molar-refractivity contribution >= 4 is 5.91 Å². The Morgan fingerprint density at radius 1 is 1.40 bits per heavy atom. The third kappa shape index (κ3) is 3.19. The van der Waals surface area contributed by atoms with Gasteiger partial charge in [0, 0.05) is 37.1 Å². The molecule has 2 rings (SSSR count). The molecule has 2 N–H and O–H groups in total. The number of H-pyrrole nitrogens is 1. The van der Waals surface area contributed by atoms with Gasteiger partial charge in [-0.1, -0.05) is 0 Å². The summed E-state index contributed by atoms with van der Waals surface area (Å²) in [4.78, 5) is 40.7. The van der Waals surface area contributed by atoms with Crippen LogP contribution in [0.3, 0.4) is 0 Å². The van der Waals surface area contributed by atoms with E-state index in [0.717, 1.165) is 0 Å². The quantitative estimate of drug-likeness (QED) is 0.797. The highest BCUT2D eigenvalue weighted by Crippen LogP contribution is 1.92. The van der Waals surface area contributed by atoms with Crippen molar-refractivity contribution in [1.29, 1.82) is 0 Å². The second-order valence-electron chi connectivity index (χ2n) is 4.27. The number of aromatic amines is 1. The van der Waals surface area contributed by atoms with Crippen molar-refractivity contribution in [3.05, 3.63) is 62.7 Å². The van der Waals surface area contributed by atoms with Crippen LogP contribution in [0.25, 0.3) is 0 Å². The van der Waals surface area contributed by atoms with Gasteiger partial charge in [-0.2, -0.15) is 0 Å². The first kappa shape index (κ1) is 13.7. The van der Waals surface area contributed by atoms with Gasteiger partial charge in [-0.05, 0) is 13.0 Å². The Morgan fingerprint density at radius 3 is 2.90 bits per heavy atom. The fraction of sp³-hybridized carbons (Fsp3) is 0.231. The Morgan fingerprint density at radius 2 is 2.20 bits per heavy atom. The van der Waals surface area contributed by atoms with Gasteiger partial charge < -0.3 is 10.3 Å². The van der Waals surface area contributed by atoms with Gasteiger partial charge in [0.2, 0.25) is 5.56 Å². The number of carbonyl (C=O) groups is 1. The molecule has 0 aromatic carbocycles. The molecule has 2 aromatic heterocycles. The van der Waals surface area contributed by atoms with Crippen molar-refractivity contribution in [1.82, 2.24) is 19.9 Å². The predicted molar refractivity (Wildman–Crippen MR) is 72.6 cm³/mol. The van der Waals surface area contributed by atoms with Crippen molar-refractivity contribution in [3.8, 4) is 0 Å². The molecule has 0 aliphatic rings. The number of hydrogen-bond acceptors (Lipinski definition) is 4. The summed E-state index contributed by atoms with van der Waals surface area (Å²) in [5, 5.41) is 2.67. The van der Waals surface area contributed by atoms with E-state index in [0.29, 0.717) is 24.2 Å². The standard InChI is InChI=1S/C13H14N4O3/c1-9-6-14-8-17(13(9)20)5-4-15-12(19)10-2-3-11(18)16-7-10/h2-3,6-8H,4-5H2,1H3,(H,15,19)(H,16,18). The maximum absolute atomic E-state index is 11.8. The van der Waals surface area contributed by atoms with E-state index >= 15 is 0 Å². The molecule has 0 bridgehead atoms. The molecule has 0 atom stereocenters. The van der Waals surface area contributed by atoms with E-state index in [1.54, 1.807) is 6.92 Å². The first-order valence-corrected chi connectivity index (χ1v) is 6.06. The van der Waals surface area contributed by atoms with E-state index in [-0.39, 0.29) is 17.0 Å². The third-order valence-electron chi connectivity index (χ3n) is 2.76. The summed E-state index contributed by atoms with van der Waals surface area (Å²) in [5.74, 6) is -0.310. The van der Waals surface area contributed by atoms with E-state index < -0.39 is 0 Å². The fourth-order valence-corrected chi connectivity index (χ4v) is 1.66. The molecule has 0 fully saturated rings. The first-order chi connectivity index (χ1) is 9.58. The largest absolute Gasteiger partial charge is 0.350 e. The van der Waals surface area contributed by atoms with Crippen LogP contribution in [0, 0.1) is 6.92 Å². The van der Waals surface area contributed by atoms with Gasteiger partial charge >= 0.3 is 0 Å². The van der Waals surface area contributed by atoms with E-state index in [2.05, 4.69) is 15.3 Å². The zero-order valence-electron chi connectivity index (χ0n) is 10.9. The highest BCUT2D eigenvalue weighted by atomic mass is 16.2. The summed E-state index contributed by atoms with van der Waals surface area (Å²) in [5.41, 5.74) is 0.524. The summed E-state index contributed by atoms with van der Waals surface area (Å²) in [7, 11) is 0. The Balaban J connectivity index is 1.94. The smallest absolute Gasteiger partial charge is 0.256 e. The van der Waals surface area contributed by atoms with E-state index in [4.69, 9.17) is 0 Å². The molecule has 0 aliphatic heterocycles. The van der Waals surface area contributed by atoms with Crippen LogP contribution in [-0.4, -0.2) is 27.0 Å². The molecule has 0 radical (unpaired) electrons. The summed E-state index contributed by atoms with van der Waals surface area (Å²) in [6.45, 7) is 2.32. The molecule has 2 heterocycles. The molecular formula is C13H14N4O3. The monoisotopic (exact) mass is 274 g/mol. The summed E-state index contributed by atoms with van der Waals surface area (Å²) in [6.07, 6.45) is 4.28. The van der Waals surface area contributed by atoms with Crippen LogP contribution >= 0.6 is 0 Å². The van der Waals surface area contributed by atoms with E-state index in [9.17, 15) is 14.4 Å². The van der Waals surface area contributed by atoms with Gasteiger partial charge in [0.25, 0.3) is 11.5 Å². The van der Waals surface area contributed by atoms with Crippen LogP contribution in [0.5, 0.6) is 0 Å². The Hall–Kier alpha value is -2.70. The average Bonchev–Trinajstić information content (AvgIpc) is 2.44. The van der Waals surface area contributed by atoms with Crippen LogP contribution in [0.1, 0.15) is 15.9 Å². The molecule has 20 heavy (non-hydrogen) atoms. The van der Waals surface area contributed by atoms with E-state index in [1.807, 2.05) is 0 Å². The number of carbonyl (C=O) groups excluding carboxylic acids is 1. The summed E-state index contributed by atoms with van der Waals surface area (Å²) in [6, 6.07) is 2.72. The number of aromatic nitrogens is 3. The van der Waals surface area contributed by atoms with Crippen LogP contribution in [-0.2, 0) is 6.54 Å². The number of pyridine rings is 1. The minimum absolute atomic E-state index is 0.127. The number of rotatable bonds is 4. The molecule has 7 heteroatoms. The zero-order valence-corrected chi connectivity index (χ0v) is 10.9. The topological polar surface area (TPSA) is 96.8 Å². The van der Waals surface area contributed by atoms with Crippen molar-refractivity contribution in [3.63, 3.8) is 0 Å². The Kier molecular flexibility index (Phi) is 4.09. The van der Waals surface area contributed by atoms with Crippen molar-refractivity contribution < 1.29 is 4.79 Å². The maximum atomic E-state index is 11.8. The van der Waals surface area contributed by atoms with Crippen molar-refractivity contribution in [2.24, 2.45) is 0 Å². The normalized spacial score (nSPS) is 10.2. The number of nitrogens with zero attached hydrogens (tertiary/aromatic N) is 2. The fourth-order valence-electron chi connectivity index (χ4n) is 1.66. The van der Waals surface area contributed by atoms with Crippen LogP contribution < -0.4 is 16.4 Å². The van der Waals surface area contributed by atoms with Gasteiger partial charge in [0.1, 0.15) is 0 Å². The van der Waals surface area contributed by atoms with Crippen LogP contribution in [0.4, 0.5) is 0 Å². The predicted octanol–water partition coefficient (Wildman–Crippen LogP) is -0.330. The number of nitrogens with one attached hydrogen (secondary N) is 2. The lowest BCUT2D eigenvalue weighted by Gasteiger charge is -2.07. The SMILES string of the molecule is Cc1cncn(CCNC(=O)c2ccc(=O)[nH]c2)c1=O. The number of aryl methyl sites for hydroxylation is 1. The Bertz CT molecular complexity index is 712. The molecule has 7 nitrogen and oxygen atoms in total. The van der Waals surface area contributed by atoms with Crippen molar-refractivity contribution in [2.75, 3.05) is 6.54 Å². The number of hydrogen-bond donors (Lipinski definition) is 2. The lowest BCUT2D eigenvalue weighted by atomic mass is 10.2. The van der Waals surface area contributed by atoms with Crippen LogP contribution in [0.15, 0.2) is 40.4 Å². The second-order valence-corrected chi connectivity index (χ2v) is 4.27. The minimum Gasteiger partial charge on any atom is -0.350 e. The summed E-state index contributed by atoms with van der Waals surface area (Å²) < 4.78 is 1.43. The molecule has 0 saturated heterocycles. The van der Waals surface area contributed by atoms with Crippen LogP contribution in [0.2, 0.25) is 0 Å². The van der Waals surface area contributed by atoms with Gasteiger partial charge in [0.05, 0.1) is 11.9 Å². The van der Waals surface area contributed by atoms with Crippen molar-refractivity contribution in [2.45, 2.75) is 13.5 Å². The maximum Gasteiger partial charge on any atom is 0.256 e. The highest BCUT2D eigenvalue weighted by molar-refractivity contribution is 5.93. The van der Waals surface area contributed by atoms with Gasteiger partial charge in [0.15, 0.2) is 0 Å². The van der Waals surface area contributed by atoms with E-state index in [1.165, 1.54) is 35.4 Å². The van der Waals surface area contributed by atoms with Gasteiger partial charge in [-0.15, -0.1) is 0 Å². The Labute approximate surface area is 114 Å². The first-order valence-electron chi connectivity index (χ1n) is 6.06. The van der Waals surface area contributed by atoms with Gasteiger partial charge in [-0.3, -0.25) is 19.0 Å². The zero-order chi connectivity index (χ0) is 14.5. The average molecular weight is 274 g/mol. The van der Waals surface area contributed by atoms with Gasteiger partial charge in [-0.25, -0.2) is 4.98 Å². The lowest BCUT2D eigenvalue weighted by molar-refractivity contribution is 0.0951. The summed E-state index contributed by atoms with van der Waals surface area (Å²) >= 11 is 0. The molecule has 1 amide bonds. The molecular weight excluding hydrogens is 260 g/mol. The third-order valence-corrected chi connectivity index (χ3v) is 2.76. The lowest BCUT2D eigenvalue weighted by Crippen LogP contribution is -2.31. The number of amides is 1. The molecule has 0 aliphatic carbocycles. The highest BCUT2D eigenvalue weighted by Gasteiger charge is 2.05. The molecule has 0 unspecified atom stereocenters. The molecule has 0 spiro atoms. The second kappa shape index (κ2) is 5.96. The minimum atomic E-state index is -0.310.